The molecule has 0 radical (unpaired) electrons. The summed E-state index contributed by atoms with van der Waals surface area (Å²) in [6, 6.07) is 10.9. The number of rotatable bonds is 4. The molecule has 0 unspecified atom stereocenters. The second-order valence-corrected chi connectivity index (χ2v) is 5.61. The topological polar surface area (TPSA) is 37.3 Å². The van der Waals surface area contributed by atoms with Crippen molar-refractivity contribution in [1.82, 2.24) is 0 Å². The van der Waals surface area contributed by atoms with E-state index in [1.54, 1.807) is 12.1 Å². The van der Waals surface area contributed by atoms with E-state index >= 15 is 0 Å². The van der Waals surface area contributed by atoms with Gasteiger partial charge in [0.25, 0.3) is 0 Å². The maximum atomic E-state index is 10.8. The SMILES string of the molecule is O=Cc1ccc(Sc2ccccc2CO)c(Cl)c1Cl. The average Bonchev–Trinajstić information content (AvgIpc) is 2.45. The summed E-state index contributed by atoms with van der Waals surface area (Å²) in [4.78, 5) is 12.4. The first-order valence-corrected chi connectivity index (χ1v) is 7.04. The molecule has 19 heavy (non-hydrogen) atoms. The molecule has 0 aliphatic heterocycles. The summed E-state index contributed by atoms with van der Waals surface area (Å²) >= 11 is 13.6. The van der Waals surface area contributed by atoms with Crippen LogP contribution in [0.4, 0.5) is 0 Å². The van der Waals surface area contributed by atoms with E-state index in [1.807, 2.05) is 24.3 Å². The fraction of sp³-hybridized carbons (Fsp3) is 0.0714. The van der Waals surface area contributed by atoms with Crippen LogP contribution in [0.3, 0.4) is 0 Å². The van der Waals surface area contributed by atoms with Crippen LogP contribution in [0.15, 0.2) is 46.2 Å². The molecule has 0 aliphatic carbocycles. The Morgan fingerprint density at radius 1 is 1.05 bits per heavy atom. The van der Waals surface area contributed by atoms with Crippen LogP contribution in [-0.2, 0) is 6.61 Å². The van der Waals surface area contributed by atoms with Gasteiger partial charge >= 0.3 is 0 Å². The Kier molecular flexibility index (Phi) is 4.88. The standard InChI is InChI=1S/C14H10Cl2O2S/c15-13-10(8-18)5-6-12(14(13)16)19-11-4-2-1-3-9(11)7-17/h1-6,8,17H,7H2. The van der Waals surface area contributed by atoms with Crippen LogP contribution in [0.5, 0.6) is 0 Å². The van der Waals surface area contributed by atoms with E-state index in [9.17, 15) is 9.90 Å². The predicted molar refractivity (Wildman–Crippen MR) is 78.3 cm³/mol. The van der Waals surface area contributed by atoms with Gasteiger partial charge in [0.15, 0.2) is 6.29 Å². The first-order chi connectivity index (χ1) is 9.17. The summed E-state index contributed by atoms with van der Waals surface area (Å²) in [6.45, 7) is -0.0407. The second-order valence-electron chi connectivity index (χ2n) is 3.77. The average molecular weight is 313 g/mol. The van der Waals surface area contributed by atoms with Gasteiger partial charge in [-0.3, -0.25) is 4.79 Å². The molecule has 0 atom stereocenters. The van der Waals surface area contributed by atoms with Gasteiger partial charge in [0.1, 0.15) is 0 Å². The van der Waals surface area contributed by atoms with Gasteiger partial charge in [-0.25, -0.2) is 0 Å². The lowest BCUT2D eigenvalue weighted by molar-refractivity contribution is 0.112. The molecule has 2 rings (SSSR count). The molecule has 1 N–H and O–H groups in total. The van der Waals surface area contributed by atoms with Crippen molar-refractivity contribution in [1.29, 1.82) is 0 Å². The number of benzene rings is 2. The Balaban J connectivity index is 2.39. The van der Waals surface area contributed by atoms with Crippen LogP contribution in [-0.4, -0.2) is 11.4 Å². The summed E-state index contributed by atoms with van der Waals surface area (Å²) in [5.74, 6) is 0. The molecule has 2 aromatic carbocycles. The van der Waals surface area contributed by atoms with E-state index in [2.05, 4.69) is 0 Å². The van der Waals surface area contributed by atoms with Gasteiger partial charge in [-0.15, -0.1) is 0 Å². The second kappa shape index (κ2) is 6.44. The Labute approximate surface area is 125 Å². The highest BCUT2D eigenvalue weighted by molar-refractivity contribution is 7.99. The zero-order valence-corrected chi connectivity index (χ0v) is 12.1. The van der Waals surface area contributed by atoms with Crippen LogP contribution < -0.4 is 0 Å². The zero-order valence-electron chi connectivity index (χ0n) is 9.77. The predicted octanol–water partition coefficient (Wildman–Crippen LogP) is 4.45. The van der Waals surface area contributed by atoms with Gasteiger partial charge in [0, 0.05) is 15.4 Å². The number of halogens is 2. The van der Waals surface area contributed by atoms with Crippen molar-refractivity contribution in [2.24, 2.45) is 0 Å². The van der Waals surface area contributed by atoms with Crippen LogP contribution in [0.1, 0.15) is 15.9 Å². The maximum Gasteiger partial charge on any atom is 0.151 e. The van der Waals surface area contributed by atoms with E-state index in [0.29, 0.717) is 16.9 Å². The Bertz CT molecular complexity index is 614. The highest BCUT2D eigenvalue weighted by Crippen LogP contribution is 2.39. The molecule has 0 aliphatic rings. The third-order valence-electron chi connectivity index (χ3n) is 2.57. The van der Waals surface area contributed by atoms with Gasteiger partial charge in [-0.05, 0) is 23.8 Å². The van der Waals surface area contributed by atoms with E-state index in [0.717, 1.165) is 15.4 Å². The fourth-order valence-electron chi connectivity index (χ4n) is 1.57. The Morgan fingerprint density at radius 3 is 2.47 bits per heavy atom. The van der Waals surface area contributed by atoms with Crippen molar-refractivity contribution in [2.75, 3.05) is 0 Å². The summed E-state index contributed by atoms with van der Waals surface area (Å²) in [5, 5.41) is 9.89. The first-order valence-electron chi connectivity index (χ1n) is 5.47. The van der Waals surface area contributed by atoms with Crippen molar-refractivity contribution >= 4 is 41.2 Å². The number of hydrogen-bond acceptors (Lipinski definition) is 3. The number of carbonyl (C=O) groups is 1. The van der Waals surface area contributed by atoms with Gasteiger partial charge in [-0.1, -0.05) is 53.2 Å². The molecule has 0 amide bonds. The van der Waals surface area contributed by atoms with Crippen LogP contribution in [0.2, 0.25) is 10.0 Å². The minimum Gasteiger partial charge on any atom is -0.392 e. The summed E-state index contributed by atoms with van der Waals surface area (Å²) < 4.78 is 0. The van der Waals surface area contributed by atoms with Gasteiger partial charge in [0.05, 0.1) is 16.7 Å². The third kappa shape index (κ3) is 3.12. The number of hydrogen-bond donors (Lipinski definition) is 1. The van der Waals surface area contributed by atoms with Gasteiger partial charge < -0.3 is 5.11 Å². The molecular weight excluding hydrogens is 303 g/mol. The first kappa shape index (κ1) is 14.4. The third-order valence-corrected chi connectivity index (χ3v) is 4.75. The molecular formula is C14H10Cl2O2S. The van der Waals surface area contributed by atoms with Crippen molar-refractivity contribution in [2.45, 2.75) is 16.4 Å². The van der Waals surface area contributed by atoms with Crippen LogP contribution in [0.25, 0.3) is 0 Å². The molecule has 98 valence electrons. The Hall–Kier alpha value is -1.000. The summed E-state index contributed by atoms with van der Waals surface area (Å²) in [6.07, 6.45) is 0.671. The molecule has 0 saturated carbocycles. The van der Waals surface area contributed by atoms with Crippen LogP contribution in [0, 0.1) is 0 Å². The van der Waals surface area contributed by atoms with E-state index in [1.165, 1.54) is 11.8 Å². The van der Waals surface area contributed by atoms with Crippen molar-refractivity contribution < 1.29 is 9.90 Å². The molecule has 0 heterocycles. The molecule has 0 saturated heterocycles. The zero-order chi connectivity index (χ0) is 13.8. The number of aliphatic hydroxyl groups excluding tert-OH is 1. The number of carbonyl (C=O) groups excluding carboxylic acids is 1. The molecule has 0 fully saturated rings. The molecule has 2 nitrogen and oxygen atoms in total. The highest BCUT2D eigenvalue weighted by atomic mass is 35.5. The lowest BCUT2D eigenvalue weighted by atomic mass is 10.2. The summed E-state index contributed by atoms with van der Waals surface area (Å²) in [7, 11) is 0. The fourth-order valence-corrected chi connectivity index (χ4v) is 3.10. The van der Waals surface area contributed by atoms with Crippen molar-refractivity contribution in [3.05, 3.63) is 57.6 Å². The molecule has 0 spiro atoms. The van der Waals surface area contributed by atoms with Gasteiger partial charge in [-0.2, -0.15) is 0 Å². The highest BCUT2D eigenvalue weighted by Gasteiger charge is 2.12. The maximum absolute atomic E-state index is 10.8. The minimum absolute atomic E-state index is 0.0407. The molecule has 2 aromatic rings. The van der Waals surface area contributed by atoms with Gasteiger partial charge in [0.2, 0.25) is 0 Å². The lowest BCUT2D eigenvalue weighted by Gasteiger charge is -2.09. The normalized spacial score (nSPS) is 10.5. The molecule has 0 aromatic heterocycles. The smallest absolute Gasteiger partial charge is 0.151 e. The van der Waals surface area contributed by atoms with E-state index in [4.69, 9.17) is 23.2 Å². The molecule has 0 bridgehead atoms. The van der Waals surface area contributed by atoms with Crippen molar-refractivity contribution in [3.8, 4) is 0 Å². The van der Waals surface area contributed by atoms with Crippen molar-refractivity contribution in [3.63, 3.8) is 0 Å². The summed E-state index contributed by atoms with van der Waals surface area (Å²) in [5.41, 5.74) is 1.19. The molecule has 5 heteroatoms. The van der Waals surface area contributed by atoms with Crippen LogP contribution >= 0.6 is 35.0 Å². The lowest BCUT2D eigenvalue weighted by Crippen LogP contribution is -1.89. The quantitative estimate of drug-likeness (QED) is 0.847. The number of aldehydes is 1. The van der Waals surface area contributed by atoms with E-state index in [-0.39, 0.29) is 11.6 Å². The Morgan fingerprint density at radius 2 is 1.79 bits per heavy atom. The largest absolute Gasteiger partial charge is 0.392 e. The minimum atomic E-state index is -0.0407. The van der Waals surface area contributed by atoms with E-state index < -0.39 is 0 Å². The monoisotopic (exact) mass is 312 g/mol. The number of aliphatic hydroxyl groups is 1.